The molecule has 1 aromatic rings. The van der Waals surface area contributed by atoms with E-state index in [0.29, 0.717) is 5.76 Å². The Hall–Kier alpha value is -1.36. The summed E-state index contributed by atoms with van der Waals surface area (Å²) in [5.74, 6) is -0.735. The zero-order chi connectivity index (χ0) is 7.56. The SMILES string of the molecule is NCc1cc(C(=O)O)no1. The summed E-state index contributed by atoms with van der Waals surface area (Å²) < 4.78 is 4.52. The largest absolute Gasteiger partial charge is 0.476 e. The van der Waals surface area contributed by atoms with Crippen LogP contribution in [0.4, 0.5) is 0 Å². The number of hydrogen-bond donors (Lipinski definition) is 2. The first-order valence-corrected chi connectivity index (χ1v) is 2.63. The van der Waals surface area contributed by atoms with Gasteiger partial charge < -0.3 is 15.4 Å². The molecule has 1 heterocycles. The first-order chi connectivity index (χ1) is 4.74. The van der Waals surface area contributed by atoms with Crippen molar-refractivity contribution in [1.29, 1.82) is 0 Å². The summed E-state index contributed by atoms with van der Waals surface area (Å²) in [5.41, 5.74) is 5.03. The molecule has 0 saturated carbocycles. The first kappa shape index (κ1) is 6.76. The van der Waals surface area contributed by atoms with Crippen LogP contribution < -0.4 is 5.73 Å². The van der Waals surface area contributed by atoms with E-state index in [2.05, 4.69) is 9.68 Å². The maximum absolute atomic E-state index is 10.2. The molecule has 10 heavy (non-hydrogen) atoms. The smallest absolute Gasteiger partial charge is 0.358 e. The zero-order valence-corrected chi connectivity index (χ0v) is 5.07. The zero-order valence-electron chi connectivity index (χ0n) is 5.07. The highest BCUT2D eigenvalue weighted by Gasteiger charge is 2.08. The van der Waals surface area contributed by atoms with Crippen molar-refractivity contribution in [2.75, 3.05) is 0 Å². The molecule has 0 fully saturated rings. The number of hydrogen-bond acceptors (Lipinski definition) is 4. The summed E-state index contributed by atoms with van der Waals surface area (Å²) in [6.45, 7) is 0.167. The van der Waals surface area contributed by atoms with Crippen LogP contribution in [0.3, 0.4) is 0 Å². The van der Waals surface area contributed by atoms with Gasteiger partial charge in [-0.2, -0.15) is 0 Å². The highest BCUT2D eigenvalue weighted by molar-refractivity contribution is 5.85. The van der Waals surface area contributed by atoms with Gasteiger partial charge in [-0.1, -0.05) is 5.16 Å². The molecule has 0 aliphatic rings. The fraction of sp³-hybridized carbons (Fsp3) is 0.200. The van der Waals surface area contributed by atoms with Crippen molar-refractivity contribution in [2.45, 2.75) is 6.54 Å². The van der Waals surface area contributed by atoms with Gasteiger partial charge in [0.15, 0.2) is 11.5 Å². The minimum atomic E-state index is -1.11. The van der Waals surface area contributed by atoms with E-state index < -0.39 is 5.97 Å². The second-order valence-electron chi connectivity index (χ2n) is 1.69. The lowest BCUT2D eigenvalue weighted by molar-refractivity contribution is 0.0685. The predicted octanol–water partition coefficient (Wildman–Crippen LogP) is -0.169. The minimum absolute atomic E-state index is 0.111. The third-order valence-corrected chi connectivity index (χ3v) is 0.979. The molecular formula is C5H6N2O3. The maximum atomic E-state index is 10.2. The molecule has 3 N–H and O–H groups in total. The molecule has 0 saturated heterocycles. The summed E-state index contributed by atoms with van der Waals surface area (Å²) in [4.78, 5) is 10.2. The Kier molecular flexibility index (Phi) is 1.68. The molecule has 0 amide bonds. The van der Waals surface area contributed by atoms with Crippen LogP contribution in [0.2, 0.25) is 0 Å². The molecule has 5 heteroatoms. The molecule has 54 valence electrons. The molecule has 0 spiro atoms. The monoisotopic (exact) mass is 142 g/mol. The van der Waals surface area contributed by atoms with E-state index in [0.717, 1.165) is 0 Å². The molecule has 0 unspecified atom stereocenters. The Morgan fingerprint density at radius 1 is 1.90 bits per heavy atom. The van der Waals surface area contributed by atoms with E-state index in [-0.39, 0.29) is 12.2 Å². The van der Waals surface area contributed by atoms with Gasteiger partial charge in [-0.3, -0.25) is 0 Å². The molecule has 0 aromatic carbocycles. The summed E-state index contributed by atoms with van der Waals surface area (Å²) in [7, 11) is 0. The topological polar surface area (TPSA) is 89.4 Å². The van der Waals surface area contributed by atoms with Crippen molar-refractivity contribution in [3.8, 4) is 0 Å². The average Bonchev–Trinajstić information content (AvgIpc) is 2.34. The van der Waals surface area contributed by atoms with Crippen LogP contribution in [0.15, 0.2) is 10.6 Å². The lowest BCUT2D eigenvalue weighted by Gasteiger charge is -1.78. The van der Waals surface area contributed by atoms with E-state index in [4.69, 9.17) is 10.8 Å². The van der Waals surface area contributed by atoms with Gasteiger partial charge in [0.2, 0.25) is 0 Å². The number of nitrogens with zero attached hydrogens (tertiary/aromatic N) is 1. The average molecular weight is 142 g/mol. The number of rotatable bonds is 2. The molecule has 5 nitrogen and oxygen atoms in total. The van der Waals surface area contributed by atoms with Gasteiger partial charge in [0.1, 0.15) is 0 Å². The number of nitrogens with two attached hydrogens (primary N) is 1. The van der Waals surface area contributed by atoms with Crippen molar-refractivity contribution in [2.24, 2.45) is 5.73 Å². The quantitative estimate of drug-likeness (QED) is 0.598. The van der Waals surface area contributed by atoms with Crippen LogP contribution in [-0.4, -0.2) is 16.2 Å². The number of aromatic nitrogens is 1. The van der Waals surface area contributed by atoms with Crippen molar-refractivity contribution in [3.63, 3.8) is 0 Å². The van der Waals surface area contributed by atoms with Crippen molar-refractivity contribution in [1.82, 2.24) is 5.16 Å². The van der Waals surface area contributed by atoms with Crippen molar-refractivity contribution >= 4 is 5.97 Å². The normalized spacial score (nSPS) is 9.70. The Morgan fingerprint density at radius 3 is 2.90 bits per heavy atom. The van der Waals surface area contributed by atoms with Gasteiger partial charge in [-0.15, -0.1) is 0 Å². The fourth-order valence-corrected chi connectivity index (χ4v) is 0.510. The van der Waals surface area contributed by atoms with Crippen LogP contribution in [0.1, 0.15) is 16.2 Å². The van der Waals surface area contributed by atoms with Gasteiger partial charge in [-0.25, -0.2) is 4.79 Å². The molecule has 0 aliphatic heterocycles. The van der Waals surface area contributed by atoms with Gasteiger partial charge >= 0.3 is 5.97 Å². The number of aromatic carboxylic acids is 1. The summed E-state index contributed by atoms with van der Waals surface area (Å²) >= 11 is 0. The maximum Gasteiger partial charge on any atom is 0.358 e. The van der Waals surface area contributed by atoms with Gasteiger partial charge in [0.25, 0.3) is 0 Å². The lowest BCUT2D eigenvalue weighted by Crippen LogP contribution is -1.96. The van der Waals surface area contributed by atoms with Gasteiger partial charge in [0.05, 0.1) is 6.54 Å². The third-order valence-electron chi connectivity index (χ3n) is 0.979. The first-order valence-electron chi connectivity index (χ1n) is 2.63. The molecular weight excluding hydrogens is 136 g/mol. The molecule has 1 rings (SSSR count). The molecule has 0 bridgehead atoms. The van der Waals surface area contributed by atoms with E-state index in [1.807, 2.05) is 0 Å². The van der Waals surface area contributed by atoms with Gasteiger partial charge in [0, 0.05) is 6.07 Å². The number of carboxylic acid groups (broad SMARTS) is 1. The minimum Gasteiger partial charge on any atom is -0.476 e. The Bertz CT molecular complexity index is 243. The highest BCUT2D eigenvalue weighted by Crippen LogP contribution is 2.01. The summed E-state index contributed by atoms with van der Waals surface area (Å²) in [6.07, 6.45) is 0. The number of carbonyl (C=O) groups is 1. The van der Waals surface area contributed by atoms with Crippen LogP contribution in [0.5, 0.6) is 0 Å². The van der Waals surface area contributed by atoms with Crippen LogP contribution in [-0.2, 0) is 6.54 Å². The Morgan fingerprint density at radius 2 is 2.60 bits per heavy atom. The van der Waals surface area contributed by atoms with E-state index in [1.54, 1.807) is 0 Å². The molecule has 0 atom stereocenters. The van der Waals surface area contributed by atoms with Crippen LogP contribution >= 0.6 is 0 Å². The lowest BCUT2D eigenvalue weighted by atomic mass is 10.4. The number of carboxylic acids is 1. The Labute approximate surface area is 56.4 Å². The summed E-state index contributed by atoms with van der Waals surface area (Å²) in [5, 5.41) is 11.6. The van der Waals surface area contributed by atoms with E-state index in [9.17, 15) is 4.79 Å². The predicted molar refractivity (Wildman–Crippen MR) is 31.4 cm³/mol. The Balaban J connectivity index is 2.88. The fourth-order valence-electron chi connectivity index (χ4n) is 0.510. The van der Waals surface area contributed by atoms with Crippen LogP contribution in [0, 0.1) is 0 Å². The summed E-state index contributed by atoms with van der Waals surface area (Å²) in [6, 6.07) is 1.29. The van der Waals surface area contributed by atoms with E-state index >= 15 is 0 Å². The molecule has 1 aromatic heterocycles. The van der Waals surface area contributed by atoms with Crippen molar-refractivity contribution < 1.29 is 14.4 Å². The standard InChI is InChI=1S/C5H6N2O3/c6-2-3-1-4(5(8)9)7-10-3/h1H,2,6H2,(H,8,9). The van der Waals surface area contributed by atoms with Crippen molar-refractivity contribution in [3.05, 3.63) is 17.5 Å². The second-order valence-corrected chi connectivity index (χ2v) is 1.69. The molecule has 0 radical (unpaired) electrons. The molecule has 0 aliphatic carbocycles. The third kappa shape index (κ3) is 1.14. The highest BCUT2D eigenvalue weighted by atomic mass is 16.5. The van der Waals surface area contributed by atoms with Gasteiger partial charge in [-0.05, 0) is 0 Å². The van der Waals surface area contributed by atoms with Crippen LogP contribution in [0.25, 0.3) is 0 Å². The second kappa shape index (κ2) is 2.49. The van der Waals surface area contributed by atoms with E-state index in [1.165, 1.54) is 6.07 Å².